The summed E-state index contributed by atoms with van der Waals surface area (Å²) in [6.07, 6.45) is 6.57. The summed E-state index contributed by atoms with van der Waals surface area (Å²) < 4.78 is 11.1. The first kappa shape index (κ1) is 22.8. The molecule has 1 N–H and O–H groups in total. The van der Waals surface area contributed by atoms with Gasteiger partial charge in [0.25, 0.3) is 0 Å². The molecule has 0 radical (unpaired) electrons. The smallest absolute Gasteiger partial charge is 0.410 e. The predicted octanol–water partition coefficient (Wildman–Crippen LogP) is 5.41. The SMILES string of the molecule is CC1(Nc2cncc(-c3cnc(Oc4cccc(Cl)c4)nc3)c2)CN(C(=O)OC(C)(C)C)C1. The molecule has 1 fully saturated rings. The number of carbonyl (C=O) groups is 1. The van der Waals surface area contributed by atoms with Gasteiger partial charge in [-0.15, -0.1) is 0 Å². The number of likely N-dealkylation sites (tertiary alicyclic amines) is 1. The van der Waals surface area contributed by atoms with Crippen LogP contribution in [0.15, 0.2) is 55.1 Å². The lowest BCUT2D eigenvalue weighted by Crippen LogP contribution is -2.66. The fraction of sp³-hybridized carbons (Fsp3) is 0.333. The summed E-state index contributed by atoms with van der Waals surface area (Å²) in [6.45, 7) is 8.73. The number of nitrogens with one attached hydrogen (secondary N) is 1. The molecule has 1 aromatic carbocycles. The zero-order chi connectivity index (χ0) is 23.6. The average Bonchev–Trinajstić information content (AvgIpc) is 2.71. The summed E-state index contributed by atoms with van der Waals surface area (Å²) in [7, 11) is 0. The largest absolute Gasteiger partial charge is 0.444 e. The Bertz CT molecular complexity index is 1140. The second-order valence-electron chi connectivity index (χ2n) is 9.30. The standard InChI is InChI=1S/C24H26ClN5O3/c1-23(2,3)33-22(31)30-14-24(4,15-30)29-19-8-16(10-26-13-19)17-11-27-21(28-12-17)32-20-7-5-6-18(25)9-20/h5-13,29H,14-15H2,1-4H3. The van der Waals surface area contributed by atoms with Gasteiger partial charge in [-0.05, 0) is 52.0 Å². The molecule has 0 saturated carbocycles. The Morgan fingerprint density at radius 3 is 2.48 bits per heavy atom. The molecule has 9 heteroatoms. The van der Waals surface area contributed by atoms with Crippen LogP contribution in [0.1, 0.15) is 27.7 Å². The topological polar surface area (TPSA) is 89.5 Å². The van der Waals surface area contributed by atoms with E-state index in [0.29, 0.717) is 23.9 Å². The van der Waals surface area contributed by atoms with Gasteiger partial charge < -0.3 is 19.7 Å². The Morgan fingerprint density at radius 2 is 1.82 bits per heavy atom. The highest BCUT2D eigenvalue weighted by Crippen LogP contribution is 2.29. The van der Waals surface area contributed by atoms with E-state index in [2.05, 4.69) is 27.2 Å². The Hall–Kier alpha value is -3.39. The van der Waals surface area contributed by atoms with Gasteiger partial charge in [0.15, 0.2) is 0 Å². The fourth-order valence-corrected chi connectivity index (χ4v) is 3.68. The van der Waals surface area contributed by atoms with Crippen molar-refractivity contribution in [1.29, 1.82) is 0 Å². The summed E-state index contributed by atoms with van der Waals surface area (Å²) in [6, 6.07) is 9.25. The maximum atomic E-state index is 12.2. The Labute approximate surface area is 197 Å². The molecule has 0 aliphatic carbocycles. The highest BCUT2D eigenvalue weighted by molar-refractivity contribution is 6.30. The van der Waals surface area contributed by atoms with Gasteiger partial charge in [0.1, 0.15) is 11.4 Å². The van der Waals surface area contributed by atoms with Crippen molar-refractivity contribution in [2.75, 3.05) is 18.4 Å². The number of hydrogen-bond donors (Lipinski definition) is 1. The van der Waals surface area contributed by atoms with Crippen molar-refractivity contribution in [3.8, 4) is 22.9 Å². The van der Waals surface area contributed by atoms with E-state index < -0.39 is 5.60 Å². The average molecular weight is 468 g/mol. The summed E-state index contributed by atoms with van der Waals surface area (Å²) >= 11 is 5.98. The summed E-state index contributed by atoms with van der Waals surface area (Å²) in [4.78, 5) is 26.8. The van der Waals surface area contributed by atoms with Crippen molar-refractivity contribution in [3.05, 3.63) is 60.1 Å². The number of halogens is 1. The molecule has 1 amide bonds. The van der Waals surface area contributed by atoms with Crippen LogP contribution in [-0.4, -0.2) is 50.2 Å². The number of ether oxygens (including phenoxy) is 2. The molecule has 1 saturated heterocycles. The second-order valence-corrected chi connectivity index (χ2v) is 9.73. The summed E-state index contributed by atoms with van der Waals surface area (Å²) in [5.41, 5.74) is 1.74. The van der Waals surface area contributed by atoms with Gasteiger partial charge in [-0.1, -0.05) is 17.7 Å². The van der Waals surface area contributed by atoms with Crippen molar-refractivity contribution in [3.63, 3.8) is 0 Å². The van der Waals surface area contributed by atoms with Gasteiger partial charge in [-0.3, -0.25) is 4.98 Å². The molecule has 1 aliphatic rings. The number of benzene rings is 1. The van der Waals surface area contributed by atoms with Crippen LogP contribution in [0.4, 0.5) is 10.5 Å². The zero-order valence-corrected chi connectivity index (χ0v) is 19.8. The van der Waals surface area contributed by atoms with E-state index in [-0.39, 0.29) is 17.6 Å². The Balaban J connectivity index is 1.38. The van der Waals surface area contributed by atoms with Crippen LogP contribution in [-0.2, 0) is 4.74 Å². The molecule has 0 unspecified atom stereocenters. The first-order valence-electron chi connectivity index (χ1n) is 10.6. The van der Waals surface area contributed by atoms with E-state index in [9.17, 15) is 4.79 Å². The van der Waals surface area contributed by atoms with Gasteiger partial charge in [-0.2, -0.15) is 0 Å². The predicted molar refractivity (Wildman–Crippen MR) is 127 cm³/mol. The molecule has 1 aliphatic heterocycles. The third-order valence-electron chi connectivity index (χ3n) is 4.88. The van der Waals surface area contributed by atoms with Gasteiger partial charge in [0.2, 0.25) is 0 Å². The minimum absolute atomic E-state index is 0.229. The molecule has 33 heavy (non-hydrogen) atoms. The molecule has 3 aromatic rings. The number of amides is 1. The van der Waals surface area contributed by atoms with E-state index in [4.69, 9.17) is 21.1 Å². The number of nitrogens with zero attached hydrogens (tertiary/aromatic N) is 4. The second kappa shape index (κ2) is 8.86. The number of pyridine rings is 1. The molecule has 0 spiro atoms. The van der Waals surface area contributed by atoms with E-state index in [1.54, 1.807) is 54.0 Å². The zero-order valence-electron chi connectivity index (χ0n) is 19.0. The lowest BCUT2D eigenvalue weighted by atomic mass is 9.92. The van der Waals surface area contributed by atoms with E-state index in [1.165, 1.54) is 0 Å². The number of aromatic nitrogens is 3. The summed E-state index contributed by atoms with van der Waals surface area (Å²) in [5.74, 6) is 0.567. The van der Waals surface area contributed by atoms with Gasteiger partial charge in [0.05, 0.1) is 11.2 Å². The van der Waals surface area contributed by atoms with E-state index in [1.807, 2.05) is 26.8 Å². The highest BCUT2D eigenvalue weighted by atomic mass is 35.5. The monoisotopic (exact) mass is 467 g/mol. The van der Waals surface area contributed by atoms with Gasteiger partial charge in [0, 0.05) is 54.0 Å². The Morgan fingerprint density at radius 1 is 1.09 bits per heavy atom. The maximum Gasteiger partial charge on any atom is 0.410 e. The van der Waals surface area contributed by atoms with Crippen LogP contribution in [0.25, 0.3) is 11.1 Å². The first-order valence-corrected chi connectivity index (χ1v) is 10.9. The van der Waals surface area contributed by atoms with Crippen molar-refractivity contribution in [2.45, 2.75) is 38.8 Å². The molecule has 0 bridgehead atoms. The third kappa shape index (κ3) is 5.90. The Kier molecular flexibility index (Phi) is 6.12. The van der Waals surface area contributed by atoms with E-state index >= 15 is 0 Å². The van der Waals surface area contributed by atoms with Crippen molar-refractivity contribution < 1.29 is 14.3 Å². The molecule has 0 atom stereocenters. The minimum Gasteiger partial charge on any atom is -0.444 e. The van der Waals surface area contributed by atoms with Crippen LogP contribution >= 0.6 is 11.6 Å². The number of anilines is 1. The molecule has 172 valence electrons. The van der Waals surface area contributed by atoms with Crippen molar-refractivity contribution >= 4 is 23.4 Å². The van der Waals surface area contributed by atoms with Crippen molar-refractivity contribution in [2.24, 2.45) is 0 Å². The summed E-state index contributed by atoms with van der Waals surface area (Å²) in [5, 5.41) is 4.05. The maximum absolute atomic E-state index is 12.2. The molecular weight excluding hydrogens is 442 g/mol. The lowest BCUT2D eigenvalue weighted by Gasteiger charge is -2.48. The normalized spacial score (nSPS) is 14.9. The molecule has 2 aromatic heterocycles. The highest BCUT2D eigenvalue weighted by Gasteiger charge is 2.43. The molecular formula is C24H26ClN5O3. The number of hydrogen-bond acceptors (Lipinski definition) is 7. The molecule has 4 rings (SSSR count). The van der Waals surface area contributed by atoms with Crippen molar-refractivity contribution in [1.82, 2.24) is 19.9 Å². The fourth-order valence-electron chi connectivity index (χ4n) is 3.50. The van der Waals surface area contributed by atoms with Crippen LogP contribution < -0.4 is 10.1 Å². The third-order valence-corrected chi connectivity index (χ3v) is 5.12. The van der Waals surface area contributed by atoms with Gasteiger partial charge >= 0.3 is 12.1 Å². The van der Waals surface area contributed by atoms with Gasteiger partial charge in [-0.25, -0.2) is 14.8 Å². The first-order chi connectivity index (χ1) is 15.6. The number of rotatable bonds is 5. The quantitative estimate of drug-likeness (QED) is 0.536. The van der Waals surface area contributed by atoms with E-state index in [0.717, 1.165) is 16.8 Å². The molecule has 8 nitrogen and oxygen atoms in total. The molecule has 3 heterocycles. The number of carbonyl (C=O) groups excluding carboxylic acids is 1. The van der Waals surface area contributed by atoms with Crippen LogP contribution in [0.2, 0.25) is 5.02 Å². The van der Waals surface area contributed by atoms with Crippen LogP contribution in [0.5, 0.6) is 11.8 Å². The van der Waals surface area contributed by atoms with Crippen LogP contribution in [0, 0.1) is 0 Å². The van der Waals surface area contributed by atoms with Crippen LogP contribution in [0.3, 0.4) is 0 Å². The lowest BCUT2D eigenvalue weighted by molar-refractivity contribution is -0.00124. The minimum atomic E-state index is -0.508.